The van der Waals surface area contributed by atoms with Crippen LogP contribution in [0.2, 0.25) is 0 Å². The van der Waals surface area contributed by atoms with Crippen molar-refractivity contribution < 1.29 is 4.92 Å². The second-order valence-electron chi connectivity index (χ2n) is 5.87. The van der Waals surface area contributed by atoms with Gasteiger partial charge in [-0.25, -0.2) is 0 Å². The van der Waals surface area contributed by atoms with E-state index in [0.29, 0.717) is 17.2 Å². The van der Waals surface area contributed by atoms with Crippen molar-refractivity contribution >= 4 is 22.1 Å². The number of nitro benzene ring substituents is 1. The average Bonchev–Trinajstić information content (AvgIpc) is 3.07. The molecule has 1 N–H and O–H groups in total. The summed E-state index contributed by atoms with van der Waals surface area (Å²) in [5.41, 5.74) is 1.22. The molecule has 1 aromatic heterocycles. The molecule has 21 heavy (non-hydrogen) atoms. The van der Waals surface area contributed by atoms with Gasteiger partial charge in [-0.05, 0) is 24.0 Å². The monoisotopic (exact) mass is 284 g/mol. The summed E-state index contributed by atoms with van der Waals surface area (Å²) in [6, 6.07) is 5.37. The molecular weight excluding hydrogens is 268 g/mol. The van der Waals surface area contributed by atoms with E-state index in [1.807, 2.05) is 12.1 Å². The number of aromatic nitrogens is 1. The fourth-order valence-corrected chi connectivity index (χ4v) is 3.65. The highest BCUT2D eigenvalue weighted by Crippen LogP contribution is 2.37. The second kappa shape index (κ2) is 4.66. The molecule has 2 aliphatic heterocycles. The third-order valence-corrected chi connectivity index (χ3v) is 4.70. The van der Waals surface area contributed by atoms with E-state index < -0.39 is 0 Å². The van der Waals surface area contributed by atoms with E-state index in [0.717, 1.165) is 37.3 Å². The Morgan fingerprint density at radius 1 is 1.19 bits per heavy atom. The first-order valence-corrected chi connectivity index (χ1v) is 7.21. The van der Waals surface area contributed by atoms with Crippen molar-refractivity contribution in [2.45, 2.75) is 0 Å². The number of anilines is 1. The molecule has 1 aromatic carbocycles. The summed E-state index contributed by atoms with van der Waals surface area (Å²) in [6.45, 7) is 4.20. The molecule has 0 bridgehead atoms. The van der Waals surface area contributed by atoms with Gasteiger partial charge in [-0.1, -0.05) is 0 Å². The van der Waals surface area contributed by atoms with Crippen molar-refractivity contribution in [3.63, 3.8) is 0 Å². The number of hydrogen-bond acceptors (Lipinski definition) is 5. The zero-order chi connectivity index (χ0) is 14.4. The normalized spacial score (nSPS) is 24.5. The fourth-order valence-electron chi connectivity index (χ4n) is 3.65. The van der Waals surface area contributed by atoms with Gasteiger partial charge in [-0.2, -0.15) is 0 Å². The van der Waals surface area contributed by atoms with Gasteiger partial charge in [0.15, 0.2) is 0 Å². The first-order valence-electron chi connectivity index (χ1n) is 7.21. The Morgan fingerprint density at radius 2 is 1.95 bits per heavy atom. The number of hydrogen-bond donors (Lipinski definition) is 1. The Labute approximate surface area is 121 Å². The molecule has 2 aromatic rings. The third kappa shape index (κ3) is 1.94. The summed E-state index contributed by atoms with van der Waals surface area (Å²) < 4.78 is 0. The largest absolute Gasteiger partial charge is 0.370 e. The standard InChI is InChI=1S/C15H16N4O2/c20-19(21)15-2-1-14(12-3-4-16-7-13(12)15)18-8-10-5-17-6-11(10)9-18/h1-4,7,10-11,17H,5-6,8-9H2. The van der Waals surface area contributed by atoms with Gasteiger partial charge in [0.2, 0.25) is 0 Å². The topological polar surface area (TPSA) is 71.3 Å². The molecule has 2 unspecified atom stereocenters. The summed E-state index contributed by atoms with van der Waals surface area (Å²) in [7, 11) is 0. The van der Waals surface area contributed by atoms with Crippen LogP contribution in [-0.2, 0) is 0 Å². The number of fused-ring (bicyclic) bond motifs is 2. The highest BCUT2D eigenvalue weighted by atomic mass is 16.6. The zero-order valence-electron chi connectivity index (χ0n) is 11.5. The van der Waals surface area contributed by atoms with Crippen LogP contribution in [0, 0.1) is 22.0 Å². The maximum atomic E-state index is 11.2. The summed E-state index contributed by atoms with van der Waals surface area (Å²) in [5.74, 6) is 1.38. The van der Waals surface area contributed by atoms with Crippen LogP contribution in [0.1, 0.15) is 0 Å². The SMILES string of the molecule is O=[N+]([O-])c1ccc(N2CC3CNCC3C2)c2ccncc12. The molecule has 0 spiro atoms. The lowest BCUT2D eigenvalue weighted by Crippen LogP contribution is -2.25. The average molecular weight is 284 g/mol. The van der Waals surface area contributed by atoms with Crippen LogP contribution < -0.4 is 10.2 Å². The van der Waals surface area contributed by atoms with Crippen molar-refractivity contribution in [2.75, 3.05) is 31.1 Å². The predicted octanol–water partition coefficient (Wildman–Crippen LogP) is 1.80. The number of rotatable bonds is 2. The summed E-state index contributed by atoms with van der Waals surface area (Å²) in [6.07, 6.45) is 3.30. The Bertz CT molecular complexity index is 706. The van der Waals surface area contributed by atoms with Gasteiger partial charge in [-0.15, -0.1) is 0 Å². The van der Waals surface area contributed by atoms with E-state index in [2.05, 4.69) is 15.2 Å². The highest BCUT2D eigenvalue weighted by Gasteiger charge is 2.36. The number of nitrogens with zero attached hydrogens (tertiary/aromatic N) is 3. The summed E-state index contributed by atoms with van der Waals surface area (Å²) in [4.78, 5) is 17.2. The Balaban J connectivity index is 1.80. The third-order valence-electron chi connectivity index (χ3n) is 4.70. The van der Waals surface area contributed by atoms with Crippen molar-refractivity contribution in [1.29, 1.82) is 0 Å². The van der Waals surface area contributed by atoms with Gasteiger partial charge in [0.25, 0.3) is 5.69 Å². The molecule has 0 amide bonds. The fraction of sp³-hybridized carbons (Fsp3) is 0.400. The van der Waals surface area contributed by atoms with Gasteiger partial charge in [0, 0.05) is 55.7 Å². The molecule has 2 atom stereocenters. The molecule has 0 saturated carbocycles. The van der Waals surface area contributed by atoms with Crippen LogP contribution in [0.3, 0.4) is 0 Å². The molecule has 2 saturated heterocycles. The summed E-state index contributed by atoms with van der Waals surface area (Å²) >= 11 is 0. The van der Waals surface area contributed by atoms with E-state index in [-0.39, 0.29) is 10.6 Å². The summed E-state index contributed by atoms with van der Waals surface area (Å²) in [5, 5.41) is 16.1. The van der Waals surface area contributed by atoms with Gasteiger partial charge >= 0.3 is 0 Å². The predicted molar refractivity (Wildman–Crippen MR) is 80.5 cm³/mol. The maximum Gasteiger partial charge on any atom is 0.278 e. The number of nitrogens with one attached hydrogen (secondary N) is 1. The molecule has 6 heteroatoms. The number of nitro groups is 1. The van der Waals surface area contributed by atoms with Gasteiger partial charge in [0.1, 0.15) is 0 Å². The smallest absolute Gasteiger partial charge is 0.278 e. The molecule has 0 radical (unpaired) electrons. The minimum Gasteiger partial charge on any atom is -0.370 e. The Hall–Kier alpha value is -2.21. The quantitative estimate of drug-likeness (QED) is 0.672. The minimum atomic E-state index is -0.337. The van der Waals surface area contributed by atoms with Gasteiger partial charge < -0.3 is 10.2 Å². The molecule has 0 aliphatic carbocycles. The van der Waals surface area contributed by atoms with E-state index in [1.54, 1.807) is 18.5 Å². The molecule has 4 rings (SSSR count). The van der Waals surface area contributed by atoms with E-state index in [1.165, 1.54) is 0 Å². The van der Waals surface area contributed by atoms with Crippen molar-refractivity contribution in [3.8, 4) is 0 Å². The number of pyridine rings is 1. The van der Waals surface area contributed by atoms with E-state index in [4.69, 9.17) is 0 Å². The first-order chi connectivity index (χ1) is 10.2. The molecule has 6 nitrogen and oxygen atoms in total. The van der Waals surface area contributed by atoms with E-state index in [9.17, 15) is 10.1 Å². The second-order valence-corrected chi connectivity index (χ2v) is 5.87. The Kier molecular flexibility index (Phi) is 2.78. The maximum absolute atomic E-state index is 11.2. The molecule has 2 fully saturated rings. The lowest BCUT2D eigenvalue weighted by Gasteiger charge is -2.21. The van der Waals surface area contributed by atoms with Gasteiger partial charge in [0.05, 0.1) is 10.3 Å². The Morgan fingerprint density at radius 3 is 2.67 bits per heavy atom. The van der Waals surface area contributed by atoms with Crippen molar-refractivity contribution in [1.82, 2.24) is 10.3 Å². The molecule has 2 aliphatic rings. The molecular formula is C15H16N4O2. The van der Waals surface area contributed by atoms with E-state index >= 15 is 0 Å². The molecule has 108 valence electrons. The van der Waals surface area contributed by atoms with Crippen LogP contribution in [0.4, 0.5) is 11.4 Å². The van der Waals surface area contributed by atoms with Crippen LogP contribution in [0.25, 0.3) is 10.8 Å². The van der Waals surface area contributed by atoms with Crippen LogP contribution in [-0.4, -0.2) is 36.1 Å². The number of benzene rings is 1. The van der Waals surface area contributed by atoms with Crippen LogP contribution in [0.15, 0.2) is 30.6 Å². The van der Waals surface area contributed by atoms with Crippen LogP contribution >= 0.6 is 0 Å². The lowest BCUT2D eigenvalue weighted by atomic mass is 10.0. The van der Waals surface area contributed by atoms with Crippen molar-refractivity contribution in [3.05, 3.63) is 40.7 Å². The van der Waals surface area contributed by atoms with Gasteiger partial charge in [-0.3, -0.25) is 15.1 Å². The zero-order valence-corrected chi connectivity index (χ0v) is 11.5. The van der Waals surface area contributed by atoms with Crippen LogP contribution in [0.5, 0.6) is 0 Å². The number of non-ortho nitro benzene ring substituents is 1. The first kappa shape index (κ1) is 12.5. The molecule has 3 heterocycles. The minimum absolute atomic E-state index is 0.128. The van der Waals surface area contributed by atoms with Crippen molar-refractivity contribution in [2.24, 2.45) is 11.8 Å². The highest BCUT2D eigenvalue weighted by molar-refractivity contribution is 5.99. The lowest BCUT2D eigenvalue weighted by molar-refractivity contribution is -0.383.